The second-order valence-corrected chi connectivity index (χ2v) is 18.6. The summed E-state index contributed by atoms with van der Waals surface area (Å²) < 4.78 is 0. The van der Waals surface area contributed by atoms with Crippen LogP contribution in [-0.4, -0.2) is 0 Å². The maximum absolute atomic E-state index is 2.43. The van der Waals surface area contributed by atoms with E-state index >= 15 is 0 Å². The Morgan fingerprint density at radius 1 is 0.269 bits per heavy atom. The molecule has 0 saturated carbocycles. The van der Waals surface area contributed by atoms with Gasteiger partial charge in [-0.25, -0.2) is 0 Å². The van der Waals surface area contributed by atoms with E-state index in [9.17, 15) is 0 Å². The highest BCUT2D eigenvalue weighted by Gasteiger charge is 2.28. The quantitative estimate of drug-likeness (QED) is 0.0876. The Bertz CT molecular complexity index is 1800. The largest absolute Gasteiger partial charge is 0.0897 e. The molecule has 258 valence electrons. The molecule has 2 atom stereocenters. The first-order chi connectivity index (χ1) is 25.8. The third kappa shape index (κ3) is 10.0. The normalized spacial score (nSPS) is 12.5. The van der Waals surface area contributed by atoms with Gasteiger partial charge >= 0.3 is 0 Å². The zero-order chi connectivity index (χ0) is 35.2. The van der Waals surface area contributed by atoms with Crippen LogP contribution in [0.5, 0.6) is 0 Å². The Hall–Kier alpha value is -4.60. The zero-order valence-corrected chi connectivity index (χ0v) is 31.7. The summed E-state index contributed by atoms with van der Waals surface area (Å²) >= 11 is 0. The standard InChI is InChI=1S/C50H48P2/c1-7-21-41(22-8-1)37-51(38-42-23-9-2-10-24-42)49(45-29-15-5-16-30-45)35-47-33-19-20-34-48(47)36-50(46-31-17-6-18-32-46)52(39-43-25-11-3-12-26-43)40-44-27-13-4-14-28-44/h1-34,49-50H,35-40H2. The zero-order valence-electron chi connectivity index (χ0n) is 29.9. The van der Waals surface area contributed by atoms with Gasteiger partial charge in [0.1, 0.15) is 0 Å². The van der Waals surface area contributed by atoms with E-state index in [0.717, 1.165) is 37.5 Å². The first kappa shape index (κ1) is 35.8. The number of rotatable bonds is 16. The summed E-state index contributed by atoms with van der Waals surface area (Å²) in [5.41, 5.74) is 12.6. The van der Waals surface area contributed by atoms with Gasteiger partial charge in [-0.3, -0.25) is 0 Å². The monoisotopic (exact) mass is 710 g/mol. The summed E-state index contributed by atoms with van der Waals surface area (Å²) in [5, 5.41) is 0. The average molecular weight is 711 g/mol. The molecule has 0 fully saturated rings. The van der Waals surface area contributed by atoms with E-state index in [2.05, 4.69) is 206 Å². The maximum atomic E-state index is 2.43. The van der Waals surface area contributed by atoms with Crippen LogP contribution in [0, 0.1) is 0 Å². The molecule has 0 amide bonds. The molecule has 0 spiro atoms. The van der Waals surface area contributed by atoms with Gasteiger partial charge in [0.15, 0.2) is 0 Å². The van der Waals surface area contributed by atoms with Crippen molar-refractivity contribution >= 4 is 15.8 Å². The lowest BCUT2D eigenvalue weighted by Crippen LogP contribution is -2.10. The number of hydrogen-bond donors (Lipinski definition) is 0. The lowest BCUT2D eigenvalue weighted by Gasteiger charge is -2.32. The Balaban J connectivity index is 1.26. The lowest BCUT2D eigenvalue weighted by atomic mass is 9.95. The molecular formula is C50H48P2. The summed E-state index contributed by atoms with van der Waals surface area (Å²) in [6.45, 7) is 0. The van der Waals surface area contributed by atoms with Crippen molar-refractivity contribution in [1.29, 1.82) is 0 Å². The van der Waals surface area contributed by atoms with Gasteiger partial charge in [-0.05, 0) is 82.0 Å². The second-order valence-electron chi connectivity index (χ2n) is 13.8. The fourth-order valence-corrected chi connectivity index (χ4v) is 13.4. The van der Waals surface area contributed by atoms with Crippen molar-refractivity contribution in [2.24, 2.45) is 0 Å². The predicted octanol–water partition coefficient (Wildman–Crippen LogP) is 14.0. The van der Waals surface area contributed by atoms with Crippen LogP contribution in [-0.2, 0) is 37.5 Å². The topological polar surface area (TPSA) is 0 Å². The fraction of sp³-hybridized carbons (Fsp3) is 0.160. The first-order valence-electron chi connectivity index (χ1n) is 18.6. The van der Waals surface area contributed by atoms with E-state index in [-0.39, 0.29) is 0 Å². The molecular weight excluding hydrogens is 662 g/mol. The highest BCUT2D eigenvalue weighted by molar-refractivity contribution is 7.56. The van der Waals surface area contributed by atoms with Gasteiger partial charge in [-0.1, -0.05) is 222 Å². The molecule has 0 nitrogen and oxygen atoms in total. The van der Waals surface area contributed by atoms with Gasteiger partial charge in [0, 0.05) is 11.3 Å². The van der Waals surface area contributed by atoms with E-state index in [4.69, 9.17) is 0 Å². The smallest absolute Gasteiger partial charge is 0.00882 e. The summed E-state index contributed by atoms with van der Waals surface area (Å²) in [4.78, 5) is 0. The molecule has 0 radical (unpaired) electrons. The summed E-state index contributed by atoms with van der Waals surface area (Å²) in [7, 11) is -0.857. The van der Waals surface area contributed by atoms with E-state index in [1.54, 1.807) is 0 Å². The van der Waals surface area contributed by atoms with E-state index in [0.29, 0.717) is 11.3 Å². The van der Waals surface area contributed by atoms with Gasteiger partial charge in [0.25, 0.3) is 0 Å². The predicted molar refractivity (Wildman–Crippen MR) is 227 cm³/mol. The van der Waals surface area contributed by atoms with Crippen LogP contribution in [0.2, 0.25) is 0 Å². The van der Waals surface area contributed by atoms with Gasteiger partial charge in [0.05, 0.1) is 0 Å². The van der Waals surface area contributed by atoms with E-state index in [1.807, 2.05) is 0 Å². The Morgan fingerprint density at radius 3 is 0.769 bits per heavy atom. The van der Waals surface area contributed by atoms with Gasteiger partial charge in [0.2, 0.25) is 0 Å². The van der Waals surface area contributed by atoms with Crippen molar-refractivity contribution in [2.75, 3.05) is 0 Å². The van der Waals surface area contributed by atoms with E-state index < -0.39 is 15.8 Å². The van der Waals surface area contributed by atoms with Gasteiger partial charge < -0.3 is 0 Å². The molecule has 7 rings (SSSR count). The minimum absolute atomic E-state index is 0.428. The molecule has 0 aliphatic heterocycles. The van der Waals surface area contributed by atoms with Crippen molar-refractivity contribution < 1.29 is 0 Å². The molecule has 7 aromatic carbocycles. The van der Waals surface area contributed by atoms with Crippen LogP contribution in [0.4, 0.5) is 0 Å². The minimum Gasteiger partial charge on any atom is -0.0897 e. The van der Waals surface area contributed by atoms with Gasteiger partial charge in [-0.2, -0.15) is 0 Å². The van der Waals surface area contributed by atoms with Crippen molar-refractivity contribution in [3.05, 3.63) is 251 Å². The summed E-state index contributed by atoms with van der Waals surface area (Å²) in [6, 6.07) is 76.9. The molecule has 0 aromatic heterocycles. The van der Waals surface area contributed by atoms with Crippen LogP contribution in [0.1, 0.15) is 55.8 Å². The average Bonchev–Trinajstić information content (AvgIpc) is 3.21. The second kappa shape index (κ2) is 18.8. The van der Waals surface area contributed by atoms with Crippen LogP contribution >= 0.6 is 15.8 Å². The Labute approximate surface area is 314 Å². The molecule has 7 aromatic rings. The van der Waals surface area contributed by atoms with Crippen molar-refractivity contribution in [1.82, 2.24) is 0 Å². The van der Waals surface area contributed by atoms with Crippen LogP contribution in [0.15, 0.2) is 206 Å². The summed E-state index contributed by atoms with van der Waals surface area (Å²) in [5.74, 6) is 0. The Morgan fingerprint density at radius 2 is 0.500 bits per heavy atom. The maximum Gasteiger partial charge on any atom is 0.00882 e. The molecule has 0 N–H and O–H groups in total. The SMILES string of the molecule is c1ccc(CP(Cc2ccccc2)C(Cc2ccccc2CC(c2ccccc2)P(Cc2ccccc2)Cc2ccccc2)c2ccccc2)cc1. The molecule has 0 aliphatic carbocycles. The molecule has 0 heterocycles. The molecule has 2 unspecified atom stereocenters. The van der Waals surface area contributed by atoms with Crippen molar-refractivity contribution in [2.45, 2.75) is 48.8 Å². The van der Waals surface area contributed by atoms with Crippen LogP contribution in [0.25, 0.3) is 0 Å². The summed E-state index contributed by atoms with van der Waals surface area (Å²) in [6.07, 6.45) is 6.53. The van der Waals surface area contributed by atoms with E-state index in [1.165, 1.54) is 44.5 Å². The number of benzene rings is 7. The molecule has 0 aliphatic rings. The lowest BCUT2D eigenvalue weighted by molar-refractivity contribution is 0.849. The minimum atomic E-state index is -0.428. The molecule has 52 heavy (non-hydrogen) atoms. The van der Waals surface area contributed by atoms with Crippen LogP contribution in [0.3, 0.4) is 0 Å². The molecule has 2 heteroatoms. The third-order valence-electron chi connectivity index (χ3n) is 10.1. The molecule has 0 saturated heterocycles. The highest BCUT2D eigenvalue weighted by atomic mass is 31.1. The highest BCUT2D eigenvalue weighted by Crippen LogP contribution is 2.59. The third-order valence-corrected chi connectivity index (χ3v) is 15.9. The Kier molecular flexibility index (Phi) is 12.9. The fourth-order valence-electron chi connectivity index (χ4n) is 7.46. The molecule has 0 bridgehead atoms. The van der Waals surface area contributed by atoms with Crippen molar-refractivity contribution in [3.63, 3.8) is 0 Å². The van der Waals surface area contributed by atoms with Crippen molar-refractivity contribution in [3.8, 4) is 0 Å². The first-order valence-corrected chi connectivity index (χ1v) is 22.2. The van der Waals surface area contributed by atoms with Gasteiger partial charge in [-0.15, -0.1) is 0 Å². The van der Waals surface area contributed by atoms with Crippen LogP contribution < -0.4 is 0 Å². The number of hydrogen-bond acceptors (Lipinski definition) is 0.